The Balaban J connectivity index is 0.00000400. The molecule has 3 N–H and O–H groups in total. The van der Waals surface area contributed by atoms with E-state index in [1.54, 1.807) is 12.6 Å². The van der Waals surface area contributed by atoms with Crippen LogP contribution in [0.3, 0.4) is 0 Å². The third kappa shape index (κ3) is 8.22. The Kier molecular flexibility index (Phi) is 11.1. The monoisotopic (exact) mass is 559 g/mol. The molecule has 38 heavy (non-hydrogen) atoms. The standard InChI is InChI=1S/C28H36ClN5O2S.H2O/c1-21-13-22(2)15-23(14-21)8-10-32-11-12-34(37(3)36)27(19-32)28(35)31-9-7-26-17-30-20-33(26)18-24-5-4-6-25(29)16-24;/h4-6,13-17,20,27H,7-12,18-19H2,1-3H3,(H,31,35);1H2. The second kappa shape index (κ2) is 14.0. The highest BCUT2D eigenvalue weighted by Crippen LogP contribution is 2.16. The van der Waals surface area contributed by atoms with Crippen LogP contribution in [0.2, 0.25) is 5.02 Å². The van der Waals surface area contributed by atoms with Crippen molar-refractivity contribution in [2.45, 2.75) is 39.3 Å². The summed E-state index contributed by atoms with van der Waals surface area (Å²) >= 11 is 6.12. The highest BCUT2D eigenvalue weighted by atomic mass is 35.5. The average Bonchev–Trinajstić information content (AvgIpc) is 3.28. The van der Waals surface area contributed by atoms with Crippen molar-refractivity contribution < 1.29 is 14.5 Å². The maximum Gasteiger partial charge on any atom is 0.239 e. The highest BCUT2D eigenvalue weighted by Gasteiger charge is 2.34. The van der Waals surface area contributed by atoms with E-state index in [2.05, 4.69) is 51.8 Å². The van der Waals surface area contributed by atoms with Gasteiger partial charge in [-0.25, -0.2) is 13.5 Å². The minimum absolute atomic E-state index is 0. The number of carbonyl (C=O) groups excluding carboxylic acids is 1. The molecule has 0 aliphatic carbocycles. The van der Waals surface area contributed by atoms with Crippen molar-refractivity contribution in [2.75, 3.05) is 39.0 Å². The number of hydrogen-bond acceptors (Lipinski definition) is 4. The SMILES string of the molecule is Cc1cc(C)cc(CCN2CCN(S(C)=O)C(C(=O)NCCc3cncn3Cc3cccc(Cl)c3)C2)c1.O. The molecule has 2 heterocycles. The summed E-state index contributed by atoms with van der Waals surface area (Å²) in [5.74, 6) is -0.0767. The zero-order chi connectivity index (χ0) is 26.4. The van der Waals surface area contributed by atoms with Crippen LogP contribution in [0.25, 0.3) is 0 Å². The van der Waals surface area contributed by atoms with Gasteiger partial charge in [-0.1, -0.05) is 53.1 Å². The first-order valence-corrected chi connectivity index (χ1v) is 14.6. The second-order valence-electron chi connectivity index (χ2n) is 9.81. The van der Waals surface area contributed by atoms with Crippen molar-refractivity contribution in [1.82, 2.24) is 24.1 Å². The summed E-state index contributed by atoms with van der Waals surface area (Å²) in [4.78, 5) is 19.8. The number of nitrogens with one attached hydrogen (secondary N) is 1. The minimum Gasteiger partial charge on any atom is -0.412 e. The molecule has 2 atom stereocenters. The molecule has 1 amide bonds. The quantitative estimate of drug-likeness (QED) is 0.412. The Bertz CT molecular complexity index is 1230. The largest absolute Gasteiger partial charge is 0.412 e. The lowest BCUT2D eigenvalue weighted by atomic mass is 10.0. The number of carbonyl (C=O) groups is 1. The maximum absolute atomic E-state index is 13.2. The van der Waals surface area contributed by atoms with Gasteiger partial charge in [-0.15, -0.1) is 0 Å². The van der Waals surface area contributed by atoms with Gasteiger partial charge in [-0.2, -0.15) is 0 Å². The number of nitrogens with zero attached hydrogens (tertiary/aromatic N) is 4. The van der Waals surface area contributed by atoms with E-state index in [-0.39, 0.29) is 11.4 Å². The van der Waals surface area contributed by atoms with Crippen LogP contribution in [0.4, 0.5) is 0 Å². The molecule has 1 aliphatic heterocycles. The number of benzene rings is 2. The van der Waals surface area contributed by atoms with Crippen LogP contribution in [0.5, 0.6) is 0 Å². The zero-order valence-electron chi connectivity index (χ0n) is 22.3. The Labute approximate surface area is 232 Å². The third-order valence-corrected chi connectivity index (χ3v) is 8.10. The van der Waals surface area contributed by atoms with Crippen LogP contribution in [-0.4, -0.2) is 79.4 Å². The lowest BCUT2D eigenvalue weighted by molar-refractivity contribution is -0.126. The Morgan fingerprint density at radius 3 is 2.58 bits per heavy atom. The summed E-state index contributed by atoms with van der Waals surface area (Å²) < 4.78 is 16.3. The Morgan fingerprint density at radius 2 is 1.87 bits per heavy atom. The van der Waals surface area contributed by atoms with E-state index >= 15 is 0 Å². The molecule has 8 nitrogen and oxygen atoms in total. The molecule has 0 bridgehead atoms. The van der Waals surface area contributed by atoms with Gasteiger partial charge in [0.2, 0.25) is 5.91 Å². The van der Waals surface area contributed by atoms with Crippen molar-refractivity contribution in [3.63, 3.8) is 0 Å². The molecule has 0 spiro atoms. The number of imidazole rings is 1. The molecule has 1 fully saturated rings. The normalized spacial score (nSPS) is 17.1. The molecule has 2 unspecified atom stereocenters. The molecule has 4 rings (SSSR count). The highest BCUT2D eigenvalue weighted by molar-refractivity contribution is 7.81. The van der Waals surface area contributed by atoms with Gasteiger partial charge in [0.25, 0.3) is 0 Å². The van der Waals surface area contributed by atoms with Gasteiger partial charge in [0.15, 0.2) is 0 Å². The van der Waals surface area contributed by atoms with E-state index in [1.807, 2.05) is 34.8 Å². The summed E-state index contributed by atoms with van der Waals surface area (Å²) in [6, 6.07) is 14.0. The van der Waals surface area contributed by atoms with E-state index in [4.69, 9.17) is 11.6 Å². The first-order valence-electron chi connectivity index (χ1n) is 12.7. The topological polar surface area (TPSA) is 102 Å². The summed E-state index contributed by atoms with van der Waals surface area (Å²) in [5, 5.41) is 3.79. The van der Waals surface area contributed by atoms with Crippen molar-refractivity contribution in [2.24, 2.45) is 0 Å². The second-order valence-corrected chi connectivity index (χ2v) is 11.6. The molecule has 206 valence electrons. The van der Waals surface area contributed by atoms with Crippen LogP contribution in [0.15, 0.2) is 55.0 Å². The zero-order valence-corrected chi connectivity index (χ0v) is 23.9. The van der Waals surface area contributed by atoms with E-state index in [0.29, 0.717) is 37.6 Å². The molecule has 1 aromatic heterocycles. The molecular weight excluding hydrogens is 522 g/mol. The number of halogens is 1. The fourth-order valence-corrected chi connectivity index (χ4v) is 6.08. The van der Waals surface area contributed by atoms with Gasteiger partial charge >= 0.3 is 0 Å². The molecule has 1 saturated heterocycles. The number of piperazine rings is 1. The van der Waals surface area contributed by atoms with Crippen LogP contribution < -0.4 is 5.32 Å². The predicted octanol–water partition coefficient (Wildman–Crippen LogP) is 2.56. The molecular formula is C28H38ClN5O3S. The summed E-state index contributed by atoms with van der Waals surface area (Å²) in [5.41, 5.74) is 5.99. The summed E-state index contributed by atoms with van der Waals surface area (Å²) in [6.07, 6.45) is 6.88. The van der Waals surface area contributed by atoms with E-state index < -0.39 is 17.0 Å². The first kappa shape index (κ1) is 30.0. The fourth-order valence-electron chi connectivity index (χ4n) is 5.01. The summed E-state index contributed by atoms with van der Waals surface area (Å²) in [6.45, 7) is 8.26. The lowest BCUT2D eigenvalue weighted by Gasteiger charge is -2.39. The van der Waals surface area contributed by atoms with Gasteiger partial charge in [0.1, 0.15) is 6.04 Å². The van der Waals surface area contributed by atoms with Crippen LogP contribution in [0, 0.1) is 13.8 Å². The lowest BCUT2D eigenvalue weighted by Crippen LogP contribution is -2.59. The number of rotatable bonds is 10. The van der Waals surface area contributed by atoms with Gasteiger partial charge in [0.05, 0.1) is 17.3 Å². The summed E-state index contributed by atoms with van der Waals surface area (Å²) in [7, 11) is -1.21. The first-order chi connectivity index (χ1) is 17.8. The average molecular weight is 560 g/mol. The number of hydrogen-bond donors (Lipinski definition) is 1. The van der Waals surface area contributed by atoms with Crippen LogP contribution in [0.1, 0.15) is 27.9 Å². The Morgan fingerprint density at radius 1 is 1.11 bits per heavy atom. The third-order valence-electron chi connectivity index (χ3n) is 6.77. The predicted molar refractivity (Wildman–Crippen MR) is 154 cm³/mol. The molecule has 0 saturated carbocycles. The van der Waals surface area contributed by atoms with Gasteiger partial charge < -0.3 is 15.4 Å². The molecule has 10 heteroatoms. The van der Waals surface area contributed by atoms with Crippen LogP contribution in [-0.2, 0) is 35.2 Å². The van der Waals surface area contributed by atoms with Crippen molar-refractivity contribution in [3.05, 3.63) is 88.0 Å². The maximum atomic E-state index is 13.2. The molecule has 0 radical (unpaired) electrons. The smallest absolute Gasteiger partial charge is 0.239 e. The number of aromatic nitrogens is 2. The van der Waals surface area contributed by atoms with Crippen molar-refractivity contribution >= 4 is 28.5 Å². The van der Waals surface area contributed by atoms with Gasteiger partial charge in [0, 0.05) is 68.9 Å². The van der Waals surface area contributed by atoms with Gasteiger partial charge in [-0.3, -0.25) is 9.69 Å². The molecule has 1 aliphatic rings. The van der Waals surface area contributed by atoms with Crippen molar-refractivity contribution in [3.8, 4) is 0 Å². The van der Waals surface area contributed by atoms with E-state index in [1.165, 1.54) is 16.7 Å². The number of aryl methyl sites for hydroxylation is 2. The van der Waals surface area contributed by atoms with Crippen LogP contribution >= 0.6 is 11.6 Å². The van der Waals surface area contributed by atoms with E-state index in [0.717, 1.165) is 30.8 Å². The number of amides is 1. The minimum atomic E-state index is -1.21. The Hall–Kier alpha value is -2.56. The fraction of sp³-hybridized carbons (Fsp3) is 0.429. The van der Waals surface area contributed by atoms with Crippen molar-refractivity contribution in [1.29, 1.82) is 0 Å². The molecule has 2 aromatic carbocycles. The molecule has 3 aromatic rings. The van der Waals surface area contributed by atoms with E-state index in [9.17, 15) is 9.00 Å². The van der Waals surface area contributed by atoms with Gasteiger partial charge in [-0.05, 0) is 43.5 Å².